The fourth-order valence-corrected chi connectivity index (χ4v) is 3.20. The van der Waals surface area contributed by atoms with Crippen LogP contribution in [0, 0.1) is 0 Å². The molecule has 2 aromatic carbocycles. The van der Waals surface area contributed by atoms with Gasteiger partial charge in [-0.2, -0.15) is 0 Å². The Hall–Kier alpha value is -2.07. The molecule has 4 nitrogen and oxygen atoms in total. The lowest BCUT2D eigenvalue weighted by molar-refractivity contribution is -0.143. The molecule has 0 saturated carbocycles. The lowest BCUT2D eigenvalue weighted by Crippen LogP contribution is -2.33. The molecular formula is C20H25NO3. The van der Waals surface area contributed by atoms with Crippen LogP contribution in [0.3, 0.4) is 0 Å². The minimum absolute atomic E-state index is 0.153. The second kappa shape index (κ2) is 8.15. The summed E-state index contributed by atoms with van der Waals surface area (Å²) in [7, 11) is 1.66. The number of carbonyl (C=O) groups excluding carboxylic acids is 1. The van der Waals surface area contributed by atoms with Gasteiger partial charge < -0.3 is 9.47 Å². The Balaban J connectivity index is 1.51. The number of benzene rings is 2. The molecule has 1 saturated heterocycles. The van der Waals surface area contributed by atoms with Gasteiger partial charge in [0, 0.05) is 6.54 Å². The second-order valence-electron chi connectivity index (χ2n) is 6.35. The Bertz CT molecular complexity index is 692. The molecule has 1 aliphatic rings. The maximum absolute atomic E-state index is 12.0. The summed E-state index contributed by atoms with van der Waals surface area (Å²) in [6.45, 7) is 3.60. The molecule has 128 valence electrons. The third kappa shape index (κ3) is 4.48. The van der Waals surface area contributed by atoms with E-state index in [-0.39, 0.29) is 5.97 Å². The van der Waals surface area contributed by atoms with Crippen LogP contribution in [-0.4, -0.2) is 44.2 Å². The number of rotatable bonds is 6. The van der Waals surface area contributed by atoms with E-state index in [9.17, 15) is 4.79 Å². The van der Waals surface area contributed by atoms with E-state index in [1.54, 1.807) is 7.11 Å². The van der Waals surface area contributed by atoms with Crippen molar-refractivity contribution in [2.45, 2.75) is 25.7 Å². The van der Waals surface area contributed by atoms with Crippen molar-refractivity contribution in [2.75, 3.05) is 33.4 Å². The molecule has 1 aliphatic heterocycles. The summed E-state index contributed by atoms with van der Waals surface area (Å²) in [6, 6.07) is 12.0. The van der Waals surface area contributed by atoms with Crippen LogP contribution in [0.1, 0.15) is 24.8 Å². The van der Waals surface area contributed by atoms with Crippen molar-refractivity contribution in [3.8, 4) is 5.75 Å². The molecular weight excluding hydrogens is 302 g/mol. The molecule has 0 amide bonds. The number of esters is 1. The van der Waals surface area contributed by atoms with E-state index in [1.807, 2.05) is 36.4 Å². The SMILES string of the molecule is COc1ccc2cc(CC(=O)OCCN3CCCCC3)ccc2c1. The van der Waals surface area contributed by atoms with Gasteiger partial charge in [-0.15, -0.1) is 0 Å². The van der Waals surface area contributed by atoms with Crippen LogP contribution < -0.4 is 4.74 Å². The molecule has 0 atom stereocenters. The monoisotopic (exact) mass is 327 g/mol. The van der Waals surface area contributed by atoms with Gasteiger partial charge in [-0.3, -0.25) is 9.69 Å². The molecule has 1 heterocycles. The number of piperidine rings is 1. The fraction of sp³-hybridized carbons (Fsp3) is 0.450. The van der Waals surface area contributed by atoms with Crippen LogP contribution in [0.4, 0.5) is 0 Å². The van der Waals surface area contributed by atoms with Crippen LogP contribution in [-0.2, 0) is 16.0 Å². The van der Waals surface area contributed by atoms with Gasteiger partial charge >= 0.3 is 5.97 Å². The van der Waals surface area contributed by atoms with Gasteiger partial charge in [-0.1, -0.05) is 30.7 Å². The topological polar surface area (TPSA) is 38.8 Å². The lowest BCUT2D eigenvalue weighted by atomic mass is 10.0. The van der Waals surface area contributed by atoms with E-state index < -0.39 is 0 Å². The maximum atomic E-state index is 12.0. The number of ether oxygens (including phenoxy) is 2. The van der Waals surface area contributed by atoms with Crippen molar-refractivity contribution in [3.63, 3.8) is 0 Å². The minimum Gasteiger partial charge on any atom is -0.497 e. The van der Waals surface area contributed by atoms with E-state index in [1.165, 1.54) is 19.3 Å². The molecule has 1 fully saturated rings. The maximum Gasteiger partial charge on any atom is 0.310 e. The summed E-state index contributed by atoms with van der Waals surface area (Å²) >= 11 is 0. The molecule has 4 heteroatoms. The van der Waals surface area contributed by atoms with Crippen molar-refractivity contribution >= 4 is 16.7 Å². The first-order valence-corrected chi connectivity index (χ1v) is 8.69. The van der Waals surface area contributed by atoms with Gasteiger partial charge in [-0.05, 0) is 54.4 Å². The zero-order chi connectivity index (χ0) is 16.8. The number of fused-ring (bicyclic) bond motifs is 1. The third-order valence-corrected chi connectivity index (χ3v) is 4.58. The molecule has 0 N–H and O–H groups in total. The average molecular weight is 327 g/mol. The van der Waals surface area contributed by atoms with E-state index in [0.29, 0.717) is 13.0 Å². The van der Waals surface area contributed by atoms with Crippen LogP contribution in [0.15, 0.2) is 36.4 Å². The molecule has 0 radical (unpaired) electrons. The molecule has 0 unspecified atom stereocenters. The summed E-state index contributed by atoms with van der Waals surface area (Å²) in [5, 5.41) is 2.21. The average Bonchev–Trinajstić information content (AvgIpc) is 2.62. The highest BCUT2D eigenvalue weighted by Crippen LogP contribution is 2.22. The largest absolute Gasteiger partial charge is 0.497 e. The summed E-state index contributed by atoms with van der Waals surface area (Å²) in [5.74, 6) is 0.687. The number of carbonyl (C=O) groups is 1. The molecule has 0 aromatic heterocycles. The number of hydrogen-bond acceptors (Lipinski definition) is 4. The van der Waals surface area contributed by atoms with Crippen molar-refractivity contribution in [3.05, 3.63) is 42.0 Å². The first-order valence-electron chi connectivity index (χ1n) is 8.69. The quantitative estimate of drug-likeness (QED) is 0.762. The lowest BCUT2D eigenvalue weighted by Gasteiger charge is -2.25. The van der Waals surface area contributed by atoms with Crippen molar-refractivity contribution in [2.24, 2.45) is 0 Å². The van der Waals surface area contributed by atoms with Gasteiger partial charge in [0.2, 0.25) is 0 Å². The molecule has 0 aliphatic carbocycles. The summed E-state index contributed by atoms with van der Waals surface area (Å²) in [4.78, 5) is 14.4. The van der Waals surface area contributed by atoms with Gasteiger partial charge in [-0.25, -0.2) is 0 Å². The highest BCUT2D eigenvalue weighted by Gasteiger charge is 2.11. The zero-order valence-electron chi connectivity index (χ0n) is 14.3. The predicted octanol–water partition coefficient (Wildman–Crippen LogP) is 3.42. The van der Waals surface area contributed by atoms with Crippen LogP contribution in [0.25, 0.3) is 10.8 Å². The van der Waals surface area contributed by atoms with Gasteiger partial charge in [0.25, 0.3) is 0 Å². The van der Waals surface area contributed by atoms with Gasteiger partial charge in [0.15, 0.2) is 0 Å². The number of hydrogen-bond donors (Lipinski definition) is 0. The van der Waals surface area contributed by atoms with Crippen LogP contribution >= 0.6 is 0 Å². The minimum atomic E-state index is -0.153. The van der Waals surface area contributed by atoms with Crippen LogP contribution in [0.5, 0.6) is 5.75 Å². The first-order chi connectivity index (χ1) is 11.7. The molecule has 0 spiro atoms. The third-order valence-electron chi connectivity index (χ3n) is 4.58. The van der Waals surface area contributed by atoms with Gasteiger partial charge in [0.1, 0.15) is 12.4 Å². The van der Waals surface area contributed by atoms with Crippen molar-refractivity contribution in [1.29, 1.82) is 0 Å². The Morgan fingerprint density at radius 1 is 1.04 bits per heavy atom. The van der Waals surface area contributed by atoms with E-state index in [4.69, 9.17) is 9.47 Å². The van der Waals surface area contributed by atoms with Crippen LogP contribution in [0.2, 0.25) is 0 Å². The summed E-state index contributed by atoms with van der Waals surface area (Å²) in [6.07, 6.45) is 4.16. The highest BCUT2D eigenvalue weighted by atomic mass is 16.5. The Morgan fingerprint density at radius 3 is 2.58 bits per heavy atom. The Kier molecular flexibility index (Phi) is 5.70. The number of likely N-dealkylation sites (tertiary alicyclic amines) is 1. The predicted molar refractivity (Wildman–Crippen MR) is 95.5 cm³/mol. The highest BCUT2D eigenvalue weighted by molar-refractivity contribution is 5.85. The Morgan fingerprint density at radius 2 is 1.79 bits per heavy atom. The number of nitrogens with zero attached hydrogens (tertiary/aromatic N) is 1. The fourth-order valence-electron chi connectivity index (χ4n) is 3.20. The standard InChI is InChI=1S/C20H25NO3/c1-23-19-8-7-17-13-16(5-6-18(17)15-19)14-20(22)24-12-11-21-9-3-2-4-10-21/h5-8,13,15H,2-4,9-12,14H2,1H3. The molecule has 2 aromatic rings. The number of methoxy groups -OCH3 is 1. The smallest absolute Gasteiger partial charge is 0.310 e. The van der Waals surface area contributed by atoms with Crippen molar-refractivity contribution in [1.82, 2.24) is 4.90 Å². The zero-order valence-corrected chi connectivity index (χ0v) is 14.3. The van der Waals surface area contributed by atoms with E-state index in [0.717, 1.165) is 41.7 Å². The van der Waals surface area contributed by atoms with E-state index >= 15 is 0 Å². The first kappa shape index (κ1) is 16.8. The second-order valence-corrected chi connectivity index (χ2v) is 6.35. The summed E-state index contributed by atoms with van der Waals surface area (Å²) < 4.78 is 10.6. The van der Waals surface area contributed by atoms with Crippen molar-refractivity contribution < 1.29 is 14.3 Å². The van der Waals surface area contributed by atoms with Gasteiger partial charge in [0.05, 0.1) is 13.5 Å². The molecule has 0 bridgehead atoms. The summed E-state index contributed by atoms with van der Waals surface area (Å²) in [5.41, 5.74) is 0.982. The normalized spacial score (nSPS) is 15.4. The Labute approximate surface area is 143 Å². The van der Waals surface area contributed by atoms with E-state index in [2.05, 4.69) is 4.90 Å². The molecule has 24 heavy (non-hydrogen) atoms. The molecule has 3 rings (SSSR count).